The number of benzene rings is 1. The van der Waals surface area contributed by atoms with Crippen LogP contribution in [0.25, 0.3) is 0 Å². The summed E-state index contributed by atoms with van der Waals surface area (Å²) in [6, 6.07) is 5.35. The molecular formula is C12H19N3O4S2. The number of sulfonamides is 2. The van der Waals surface area contributed by atoms with E-state index in [1.807, 2.05) is 0 Å². The summed E-state index contributed by atoms with van der Waals surface area (Å²) in [5.74, 6) is 0. The number of hydrogen-bond acceptors (Lipinski definition) is 5. The van der Waals surface area contributed by atoms with Crippen LogP contribution < -0.4 is 15.2 Å². The second-order valence-electron chi connectivity index (χ2n) is 5.00. The molecule has 1 aromatic carbocycles. The maximum absolute atomic E-state index is 12.1. The van der Waals surface area contributed by atoms with E-state index < -0.39 is 20.0 Å². The number of nitrogens with two attached hydrogens (primary N) is 1. The molecule has 0 radical (unpaired) electrons. The van der Waals surface area contributed by atoms with Gasteiger partial charge in [0.05, 0.1) is 9.79 Å². The number of hydrogen-bond donors (Lipinski definition) is 3. The van der Waals surface area contributed by atoms with Gasteiger partial charge in [-0.25, -0.2) is 26.7 Å². The van der Waals surface area contributed by atoms with E-state index >= 15 is 0 Å². The third-order valence-corrected chi connectivity index (χ3v) is 5.76. The molecule has 4 N–H and O–H groups in total. The first-order valence-corrected chi connectivity index (χ1v) is 9.68. The van der Waals surface area contributed by atoms with Crippen LogP contribution >= 0.6 is 0 Å². The van der Waals surface area contributed by atoms with Crippen LogP contribution in [0.15, 0.2) is 34.1 Å². The summed E-state index contributed by atoms with van der Waals surface area (Å²) in [7, 11) is -7.65. The van der Waals surface area contributed by atoms with Crippen molar-refractivity contribution in [1.29, 1.82) is 0 Å². The molecule has 1 fully saturated rings. The number of nitrogens with one attached hydrogen (secondary N) is 2. The van der Waals surface area contributed by atoms with Crippen molar-refractivity contribution in [3.05, 3.63) is 24.3 Å². The van der Waals surface area contributed by atoms with Gasteiger partial charge in [-0.05, 0) is 44.0 Å². The Morgan fingerprint density at radius 3 is 2.57 bits per heavy atom. The van der Waals surface area contributed by atoms with Gasteiger partial charge in [0.1, 0.15) is 0 Å². The van der Waals surface area contributed by atoms with Gasteiger partial charge in [0.2, 0.25) is 20.0 Å². The van der Waals surface area contributed by atoms with E-state index in [0.717, 1.165) is 25.5 Å². The fourth-order valence-corrected chi connectivity index (χ4v) is 4.00. The normalized spacial score (nSPS) is 19.8. The molecule has 0 amide bonds. The highest BCUT2D eigenvalue weighted by Gasteiger charge is 2.19. The third kappa shape index (κ3) is 4.48. The number of rotatable bonds is 6. The lowest BCUT2D eigenvalue weighted by molar-refractivity contribution is 0.539. The van der Waals surface area contributed by atoms with Crippen molar-refractivity contribution >= 4 is 20.0 Å². The molecule has 1 unspecified atom stereocenters. The topological polar surface area (TPSA) is 118 Å². The molecule has 1 atom stereocenters. The van der Waals surface area contributed by atoms with Crippen LogP contribution in [0.2, 0.25) is 0 Å². The number of primary sulfonamides is 1. The molecule has 7 nitrogen and oxygen atoms in total. The third-order valence-electron chi connectivity index (χ3n) is 3.39. The van der Waals surface area contributed by atoms with Crippen LogP contribution in [-0.2, 0) is 20.0 Å². The minimum Gasteiger partial charge on any atom is -0.314 e. The Morgan fingerprint density at radius 1 is 1.24 bits per heavy atom. The van der Waals surface area contributed by atoms with E-state index in [4.69, 9.17) is 5.14 Å². The zero-order valence-electron chi connectivity index (χ0n) is 11.4. The van der Waals surface area contributed by atoms with Gasteiger partial charge in [-0.1, -0.05) is 6.07 Å². The Bertz CT molecular complexity index is 695. The summed E-state index contributed by atoms with van der Waals surface area (Å²) in [6.07, 6.45) is 2.85. The van der Waals surface area contributed by atoms with Crippen LogP contribution in [-0.4, -0.2) is 36.0 Å². The highest BCUT2D eigenvalue weighted by molar-refractivity contribution is 7.90. The summed E-state index contributed by atoms with van der Waals surface area (Å²) < 4.78 is 49.2. The van der Waals surface area contributed by atoms with E-state index in [9.17, 15) is 16.8 Å². The molecule has 1 aliphatic rings. The lowest BCUT2D eigenvalue weighted by Gasteiger charge is -2.11. The van der Waals surface area contributed by atoms with Gasteiger partial charge < -0.3 is 5.32 Å². The Morgan fingerprint density at radius 2 is 1.95 bits per heavy atom. The first kappa shape index (κ1) is 16.4. The Labute approximate surface area is 125 Å². The van der Waals surface area contributed by atoms with Crippen LogP contribution in [0, 0.1) is 0 Å². The van der Waals surface area contributed by atoms with E-state index in [0.29, 0.717) is 19.0 Å². The Balaban J connectivity index is 2.05. The quantitative estimate of drug-likeness (QED) is 0.663. The molecule has 0 aliphatic carbocycles. The summed E-state index contributed by atoms with van der Waals surface area (Å²) in [4.78, 5) is -0.323. The second kappa shape index (κ2) is 6.41. The van der Waals surface area contributed by atoms with Gasteiger partial charge in [-0.15, -0.1) is 0 Å². The Hall–Kier alpha value is -1.00. The van der Waals surface area contributed by atoms with Gasteiger partial charge in [-0.2, -0.15) is 0 Å². The molecule has 2 rings (SSSR count). The predicted molar refractivity (Wildman–Crippen MR) is 78.6 cm³/mol. The summed E-state index contributed by atoms with van der Waals surface area (Å²) in [5.41, 5.74) is 0. The molecule has 118 valence electrons. The van der Waals surface area contributed by atoms with Gasteiger partial charge >= 0.3 is 0 Å². The van der Waals surface area contributed by atoms with Crippen molar-refractivity contribution < 1.29 is 16.8 Å². The highest BCUT2D eigenvalue weighted by atomic mass is 32.2. The minimum absolute atomic E-state index is 0.103. The fourth-order valence-electron chi connectivity index (χ4n) is 2.27. The highest BCUT2D eigenvalue weighted by Crippen LogP contribution is 2.15. The standard InChI is InChI=1S/C12H19N3O4S2/c13-20(16,17)11-4-1-5-12(9-11)21(18,19)15-8-6-10-3-2-7-14-10/h1,4-5,9-10,14-15H,2-3,6-8H2,(H2,13,16,17). The second-order valence-corrected chi connectivity index (χ2v) is 8.33. The van der Waals surface area contributed by atoms with E-state index in [2.05, 4.69) is 10.0 Å². The molecule has 1 saturated heterocycles. The van der Waals surface area contributed by atoms with Crippen molar-refractivity contribution in [3.63, 3.8) is 0 Å². The molecule has 1 heterocycles. The van der Waals surface area contributed by atoms with Crippen molar-refractivity contribution in [2.45, 2.75) is 35.1 Å². The van der Waals surface area contributed by atoms with Crippen molar-refractivity contribution in [2.75, 3.05) is 13.1 Å². The molecule has 1 aliphatic heterocycles. The van der Waals surface area contributed by atoms with Gasteiger partial charge in [0.25, 0.3) is 0 Å². The van der Waals surface area contributed by atoms with Crippen LogP contribution in [0.3, 0.4) is 0 Å². The van der Waals surface area contributed by atoms with Crippen LogP contribution in [0.4, 0.5) is 0 Å². The van der Waals surface area contributed by atoms with Crippen LogP contribution in [0.1, 0.15) is 19.3 Å². The summed E-state index contributed by atoms with van der Waals surface area (Å²) >= 11 is 0. The largest absolute Gasteiger partial charge is 0.314 e. The average Bonchev–Trinajstić information content (AvgIpc) is 2.91. The maximum Gasteiger partial charge on any atom is 0.240 e. The van der Waals surface area contributed by atoms with E-state index in [1.165, 1.54) is 18.2 Å². The Kier molecular flexibility index (Phi) is 4.99. The van der Waals surface area contributed by atoms with E-state index in [-0.39, 0.29) is 9.79 Å². The zero-order valence-corrected chi connectivity index (χ0v) is 13.1. The smallest absolute Gasteiger partial charge is 0.240 e. The predicted octanol–water partition coefficient (Wildman–Crippen LogP) is -0.246. The average molecular weight is 333 g/mol. The zero-order chi connectivity index (χ0) is 15.5. The maximum atomic E-state index is 12.1. The lowest BCUT2D eigenvalue weighted by atomic mass is 10.2. The van der Waals surface area contributed by atoms with Gasteiger partial charge in [0, 0.05) is 12.6 Å². The van der Waals surface area contributed by atoms with E-state index in [1.54, 1.807) is 0 Å². The molecule has 9 heteroatoms. The van der Waals surface area contributed by atoms with Crippen LogP contribution in [0.5, 0.6) is 0 Å². The molecule has 0 bridgehead atoms. The fraction of sp³-hybridized carbons (Fsp3) is 0.500. The first-order chi connectivity index (χ1) is 9.79. The summed E-state index contributed by atoms with van der Waals surface area (Å²) in [5, 5.41) is 8.28. The monoisotopic (exact) mass is 333 g/mol. The van der Waals surface area contributed by atoms with Gasteiger partial charge in [0.15, 0.2) is 0 Å². The lowest BCUT2D eigenvalue weighted by Crippen LogP contribution is -2.30. The molecule has 0 spiro atoms. The SMILES string of the molecule is NS(=O)(=O)c1cccc(S(=O)(=O)NCCC2CCCN2)c1. The first-order valence-electron chi connectivity index (χ1n) is 6.65. The molecule has 1 aromatic rings. The molecular weight excluding hydrogens is 314 g/mol. The summed E-state index contributed by atoms with van der Waals surface area (Å²) in [6.45, 7) is 1.27. The molecule has 21 heavy (non-hydrogen) atoms. The van der Waals surface area contributed by atoms with Crippen molar-refractivity contribution in [2.24, 2.45) is 5.14 Å². The van der Waals surface area contributed by atoms with Gasteiger partial charge in [-0.3, -0.25) is 0 Å². The van der Waals surface area contributed by atoms with Crippen molar-refractivity contribution in [1.82, 2.24) is 10.0 Å². The minimum atomic E-state index is -3.92. The van der Waals surface area contributed by atoms with Crippen molar-refractivity contribution in [3.8, 4) is 0 Å². The molecule has 0 aromatic heterocycles. The molecule has 0 saturated carbocycles.